The maximum Gasteiger partial charge on any atom is 0.229 e. The second-order valence-corrected chi connectivity index (χ2v) is 8.74. The van der Waals surface area contributed by atoms with Gasteiger partial charge < -0.3 is 5.11 Å². The first kappa shape index (κ1) is 18.2. The van der Waals surface area contributed by atoms with Crippen molar-refractivity contribution in [2.45, 2.75) is 6.42 Å². The van der Waals surface area contributed by atoms with Crippen molar-refractivity contribution in [3.05, 3.63) is 64.5 Å². The number of hydrogen-bond acceptors (Lipinski definition) is 5. The molecule has 0 heterocycles. The summed E-state index contributed by atoms with van der Waals surface area (Å²) in [6.07, 6.45) is 2.74. The predicted octanol–water partition coefficient (Wildman–Crippen LogP) is 0.429. The molecule has 26 heavy (non-hydrogen) atoms. The predicted molar refractivity (Wildman–Crippen MR) is 102 cm³/mol. The third kappa shape index (κ3) is 3.81. The lowest BCUT2D eigenvalue weighted by atomic mass is 9.89. The summed E-state index contributed by atoms with van der Waals surface area (Å²) in [6, 6.07) is 14.0. The monoisotopic (exact) mass is 391 g/mol. The molecule has 0 saturated carbocycles. The van der Waals surface area contributed by atoms with Gasteiger partial charge in [-0.25, -0.2) is 8.42 Å². The minimum atomic E-state index is -3.55. The fraction of sp³-hybridized carbons (Fsp3) is 0.167. The second-order valence-electron chi connectivity index (χ2n) is 6.05. The smallest absolute Gasteiger partial charge is 0.229 e. The maximum absolute atomic E-state index is 11.8. The fourth-order valence-corrected chi connectivity index (χ4v) is 4.23. The summed E-state index contributed by atoms with van der Waals surface area (Å²) in [4.78, 5) is 0.0154. The zero-order chi connectivity index (χ0) is 18.9. The van der Waals surface area contributed by atoms with E-state index in [1.54, 1.807) is 12.1 Å². The molecular weight excluding hydrogens is 374 g/mol. The summed E-state index contributed by atoms with van der Waals surface area (Å²) in [5.74, 6) is -0.820. The van der Waals surface area contributed by atoms with Gasteiger partial charge in [-0.3, -0.25) is 4.72 Å². The molecule has 136 valence electrons. The lowest BCUT2D eigenvalue weighted by Gasteiger charge is -2.20. The highest BCUT2D eigenvalue weighted by Gasteiger charge is 2.26. The number of benzene rings is 2. The van der Waals surface area contributed by atoms with Crippen molar-refractivity contribution in [1.29, 1.82) is 0 Å². The number of hydrogen-bond donors (Lipinski definition) is 2. The van der Waals surface area contributed by atoms with E-state index in [2.05, 4.69) is 4.72 Å². The minimum absolute atomic E-state index is 0.0154. The molecule has 0 amide bonds. The molecule has 0 aliphatic heterocycles. The highest BCUT2D eigenvalue weighted by Crippen LogP contribution is 2.20. The molecule has 1 aliphatic rings. The van der Waals surface area contributed by atoms with Crippen molar-refractivity contribution in [3.8, 4) is 0 Å². The highest BCUT2D eigenvalue weighted by molar-refractivity contribution is 7.92. The summed E-state index contributed by atoms with van der Waals surface area (Å²) in [5.41, 5.74) is 1.10. The molecule has 0 saturated heterocycles. The Morgan fingerprint density at radius 1 is 1.08 bits per heavy atom. The van der Waals surface area contributed by atoms with Gasteiger partial charge in [-0.2, -0.15) is 8.42 Å². The lowest BCUT2D eigenvalue weighted by Crippen LogP contribution is -2.40. The van der Waals surface area contributed by atoms with Crippen LogP contribution >= 0.6 is 0 Å². The summed E-state index contributed by atoms with van der Waals surface area (Å²) in [5, 5.41) is 11.5. The zero-order valence-corrected chi connectivity index (χ0v) is 15.5. The van der Waals surface area contributed by atoms with Crippen LogP contribution in [0.4, 0.5) is 5.69 Å². The minimum Gasteiger partial charge on any atom is -0.511 e. The Kier molecular flexibility index (Phi) is 4.88. The van der Waals surface area contributed by atoms with Crippen LogP contribution in [-0.2, 0) is 26.7 Å². The molecule has 8 heteroatoms. The third-order valence-electron chi connectivity index (χ3n) is 4.11. The van der Waals surface area contributed by atoms with Gasteiger partial charge in [0.2, 0.25) is 20.3 Å². The number of aliphatic hydroxyl groups is 1. The molecule has 2 aromatic rings. The van der Waals surface area contributed by atoms with Crippen LogP contribution < -0.4 is 15.2 Å². The molecule has 0 spiro atoms. The van der Waals surface area contributed by atoms with Crippen LogP contribution in [-0.4, -0.2) is 33.1 Å². The average Bonchev–Trinajstić information content (AvgIpc) is 2.57. The van der Waals surface area contributed by atoms with E-state index < -0.39 is 26.2 Å². The van der Waals surface area contributed by atoms with Gasteiger partial charge in [0, 0.05) is 10.4 Å². The number of nitrogens with one attached hydrogen (secondary N) is 1. The second kappa shape index (κ2) is 6.97. The van der Waals surface area contributed by atoms with Gasteiger partial charge in [0.15, 0.2) is 0 Å². The number of sulfonamides is 1. The Hall–Kier alpha value is -2.58. The molecule has 2 aromatic carbocycles. The number of rotatable bonds is 4. The molecular formula is C18H17NO5S2. The van der Waals surface area contributed by atoms with E-state index in [4.69, 9.17) is 0 Å². The largest absolute Gasteiger partial charge is 0.511 e. The Morgan fingerprint density at radius 3 is 2.38 bits per heavy atom. The quantitative estimate of drug-likeness (QED) is 0.736. The molecule has 1 atom stereocenters. The fourth-order valence-electron chi connectivity index (χ4n) is 3.01. The van der Waals surface area contributed by atoms with Crippen molar-refractivity contribution in [2.24, 2.45) is 5.92 Å². The Labute approximate surface area is 152 Å². The molecule has 1 aliphatic carbocycles. The van der Waals surface area contributed by atoms with E-state index in [0.717, 1.165) is 11.8 Å². The van der Waals surface area contributed by atoms with Crippen LogP contribution in [0.2, 0.25) is 0 Å². The van der Waals surface area contributed by atoms with Gasteiger partial charge in [-0.05, 0) is 24.1 Å². The van der Waals surface area contributed by atoms with Crippen LogP contribution in [0.3, 0.4) is 0 Å². The van der Waals surface area contributed by atoms with Crippen LogP contribution in [0.25, 0.3) is 11.8 Å². The van der Waals surface area contributed by atoms with E-state index >= 15 is 0 Å². The Balaban J connectivity index is 2.24. The Morgan fingerprint density at radius 2 is 1.77 bits per heavy atom. The van der Waals surface area contributed by atoms with Crippen molar-refractivity contribution < 1.29 is 21.9 Å². The average molecular weight is 391 g/mol. The zero-order valence-electron chi connectivity index (χ0n) is 13.9. The van der Waals surface area contributed by atoms with E-state index in [1.165, 1.54) is 12.1 Å². The first-order valence-electron chi connectivity index (χ1n) is 7.78. The first-order valence-corrected chi connectivity index (χ1v) is 10.7. The summed E-state index contributed by atoms with van der Waals surface area (Å²) in [7, 11) is -6.11. The normalized spacial score (nSPS) is 16.6. The van der Waals surface area contributed by atoms with Crippen molar-refractivity contribution in [1.82, 2.24) is 0 Å². The van der Waals surface area contributed by atoms with Crippen LogP contribution in [0.1, 0.15) is 5.56 Å². The van der Waals surface area contributed by atoms with Crippen LogP contribution in [0.15, 0.2) is 48.5 Å². The highest BCUT2D eigenvalue weighted by atomic mass is 32.2. The van der Waals surface area contributed by atoms with Crippen LogP contribution in [0, 0.1) is 5.92 Å². The summed E-state index contributed by atoms with van der Waals surface area (Å²) in [6.45, 7) is 0. The number of aliphatic hydroxyl groups excluding tert-OH is 1. The number of fused-ring (bicyclic) bond motifs is 1. The molecule has 0 aromatic heterocycles. The topological polar surface area (TPSA) is 101 Å². The van der Waals surface area contributed by atoms with E-state index in [1.807, 2.05) is 30.3 Å². The van der Waals surface area contributed by atoms with Gasteiger partial charge in [0.05, 0.1) is 22.7 Å². The van der Waals surface area contributed by atoms with Gasteiger partial charge in [-0.15, -0.1) is 0 Å². The molecule has 2 N–H and O–H groups in total. The number of anilines is 1. The first-order chi connectivity index (χ1) is 12.3. The van der Waals surface area contributed by atoms with Gasteiger partial charge in [-0.1, -0.05) is 42.5 Å². The van der Waals surface area contributed by atoms with E-state index in [9.17, 15) is 21.9 Å². The van der Waals surface area contributed by atoms with E-state index in [-0.39, 0.29) is 16.3 Å². The molecule has 6 nitrogen and oxygen atoms in total. The van der Waals surface area contributed by atoms with E-state index in [0.29, 0.717) is 16.9 Å². The molecule has 1 unspecified atom stereocenters. The standard InChI is InChI=1S/C18H17NO5S2/c1-26(23,24)19-16-9-5-8-13-14(16)11-17(25(21)22)15(18(13)20)10-12-6-3-2-4-7-12/h2-9,11,15,19-20H,10H2,1H3. The molecule has 0 fully saturated rings. The summed E-state index contributed by atoms with van der Waals surface area (Å²) >= 11 is 0. The van der Waals surface area contributed by atoms with Crippen LogP contribution in [0.5, 0.6) is 0 Å². The van der Waals surface area contributed by atoms with Crippen molar-refractivity contribution in [2.75, 3.05) is 11.0 Å². The molecule has 3 rings (SSSR count). The summed E-state index contributed by atoms with van der Waals surface area (Å²) < 4.78 is 49.0. The molecule has 0 bridgehead atoms. The van der Waals surface area contributed by atoms with Gasteiger partial charge in [0.1, 0.15) is 5.76 Å². The Bertz CT molecular complexity index is 1210. The maximum atomic E-state index is 11.8. The SMILES string of the molecule is CS(=O)(=O)Nc1cccc2c1=CC(=S(=O)=O)C(Cc1ccccc1)C=2O. The van der Waals surface area contributed by atoms with Gasteiger partial charge >= 0.3 is 0 Å². The third-order valence-corrected chi connectivity index (χ3v) is 5.49. The van der Waals surface area contributed by atoms with Gasteiger partial charge in [0.25, 0.3) is 0 Å². The van der Waals surface area contributed by atoms with Crippen molar-refractivity contribution >= 4 is 42.7 Å². The molecule has 0 radical (unpaired) electrons. The lowest BCUT2D eigenvalue weighted by molar-refractivity contribution is 0.456. The van der Waals surface area contributed by atoms with Crippen molar-refractivity contribution in [3.63, 3.8) is 0 Å².